The van der Waals surface area contributed by atoms with Gasteiger partial charge in [0, 0.05) is 25.3 Å². The number of aromatic nitrogens is 3. The van der Waals surface area contributed by atoms with E-state index in [1.807, 2.05) is 30.2 Å². The molecule has 0 amide bonds. The third-order valence-electron chi connectivity index (χ3n) is 3.79. The smallest absolute Gasteiger partial charge is 0.137 e. The number of anilines is 1. The molecule has 2 aromatic heterocycles. The summed E-state index contributed by atoms with van der Waals surface area (Å²) in [6.07, 6.45) is 8.15. The van der Waals surface area contributed by atoms with E-state index < -0.39 is 0 Å². The number of hydrogen-bond donors (Lipinski definition) is 2. The van der Waals surface area contributed by atoms with Crippen molar-refractivity contribution >= 4 is 29.1 Å². The van der Waals surface area contributed by atoms with Crippen molar-refractivity contribution in [1.29, 1.82) is 0 Å². The molecule has 0 spiro atoms. The molecule has 0 unspecified atom stereocenters. The molecule has 1 aliphatic rings. The summed E-state index contributed by atoms with van der Waals surface area (Å²) >= 11 is 0. The van der Waals surface area contributed by atoms with Crippen LogP contribution in [0.25, 0.3) is 10.9 Å². The van der Waals surface area contributed by atoms with E-state index in [2.05, 4.69) is 15.4 Å². The number of aryl methyl sites for hydroxylation is 1. The van der Waals surface area contributed by atoms with E-state index in [-0.39, 0.29) is 12.4 Å². The highest BCUT2D eigenvalue weighted by Crippen LogP contribution is 2.24. The third-order valence-corrected chi connectivity index (χ3v) is 3.79. The van der Waals surface area contributed by atoms with Gasteiger partial charge in [-0.1, -0.05) is 0 Å². The van der Waals surface area contributed by atoms with Crippen LogP contribution in [0.15, 0.2) is 18.5 Å². The van der Waals surface area contributed by atoms with Crippen LogP contribution in [0.1, 0.15) is 25.7 Å². The zero-order chi connectivity index (χ0) is 12.5. The summed E-state index contributed by atoms with van der Waals surface area (Å²) in [5.74, 6) is 0.945. The van der Waals surface area contributed by atoms with Crippen molar-refractivity contribution in [3.63, 3.8) is 0 Å². The fraction of sp³-hybridized carbons (Fsp3) is 0.538. The summed E-state index contributed by atoms with van der Waals surface area (Å²) in [5, 5.41) is 8.91. The van der Waals surface area contributed by atoms with Crippen LogP contribution in [0.4, 0.5) is 5.82 Å². The van der Waals surface area contributed by atoms with E-state index >= 15 is 0 Å². The Balaban J connectivity index is 0.00000133. The normalized spacial score (nSPS) is 23.1. The fourth-order valence-corrected chi connectivity index (χ4v) is 2.65. The highest BCUT2D eigenvalue weighted by atomic mass is 35.5. The maximum atomic E-state index is 5.93. The summed E-state index contributed by atoms with van der Waals surface area (Å²) < 4.78 is 1.87. The van der Waals surface area contributed by atoms with Gasteiger partial charge in [0.15, 0.2) is 0 Å². The lowest BCUT2D eigenvalue weighted by atomic mass is 9.92. The van der Waals surface area contributed by atoms with Crippen molar-refractivity contribution in [3.8, 4) is 0 Å². The largest absolute Gasteiger partial charge is 0.367 e. The Kier molecular flexibility index (Phi) is 4.27. The van der Waals surface area contributed by atoms with Gasteiger partial charge in [0.25, 0.3) is 0 Å². The number of fused-ring (bicyclic) bond motifs is 1. The Labute approximate surface area is 119 Å². The molecule has 1 aliphatic carbocycles. The predicted molar refractivity (Wildman–Crippen MR) is 79.6 cm³/mol. The number of halogens is 1. The second-order valence-corrected chi connectivity index (χ2v) is 5.12. The number of nitrogens with one attached hydrogen (secondary N) is 1. The van der Waals surface area contributed by atoms with Crippen molar-refractivity contribution in [3.05, 3.63) is 18.5 Å². The van der Waals surface area contributed by atoms with Crippen LogP contribution in [0.3, 0.4) is 0 Å². The number of nitrogens with zero attached hydrogens (tertiary/aromatic N) is 3. The maximum Gasteiger partial charge on any atom is 0.137 e. The average molecular weight is 282 g/mol. The lowest BCUT2D eigenvalue weighted by Crippen LogP contribution is -2.33. The molecule has 0 aromatic carbocycles. The molecule has 0 aliphatic heterocycles. The molecule has 2 heterocycles. The molecule has 2 aromatic rings. The maximum absolute atomic E-state index is 5.93. The van der Waals surface area contributed by atoms with Crippen LogP contribution in [-0.4, -0.2) is 26.8 Å². The zero-order valence-corrected chi connectivity index (χ0v) is 11.9. The molecule has 1 saturated carbocycles. The standard InChI is InChI=1S/C13H19N5.ClH/c1-18-12-6-7-15-13(11(12)8-16-18)17-10-4-2-9(14)3-5-10;/h6-10H,2-5,14H2,1H3,(H,15,17);1H. The first-order valence-electron chi connectivity index (χ1n) is 6.53. The van der Waals surface area contributed by atoms with E-state index in [9.17, 15) is 0 Å². The number of rotatable bonds is 2. The molecular weight excluding hydrogens is 262 g/mol. The first-order valence-corrected chi connectivity index (χ1v) is 6.53. The van der Waals surface area contributed by atoms with Crippen LogP contribution in [0.5, 0.6) is 0 Å². The number of hydrogen-bond acceptors (Lipinski definition) is 4. The summed E-state index contributed by atoms with van der Waals surface area (Å²) in [7, 11) is 1.95. The molecule has 0 saturated heterocycles. The highest BCUT2D eigenvalue weighted by Gasteiger charge is 2.19. The molecule has 0 atom stereocenters. The fourth-order valence-electron chi connectivity index (χ4n) is 2.65. The van der Waals surface area contributed by atoms with Gasteiger partial charge in [-0.15, -0.1) is 12.4 Å². The lowest BCUT2D eigenvalue weighted by molar-refractivity contribution is 0.410. The summed E-state index contributed by atoms with van der Waals surface area (Å²) in [6, 6.07) is 2.86. The van der Waals surface area contributed by atoms with Crippen LogP contribution in [0.2, 0.25) is 0 Å². The van der Waals surface area contributed by atoms with Crippen molar-refractivity contribution in [1.82, 2.24) is 14.8 Å². The SMILES string of the molecule is Cl.Cn1ncc2c(NC3CCC(N)CC3)nccc21. The topological polar surface area (TPSA) is 68.8 Å². The Morgan fingerprint density at radius 2 is 2.05 bits per heavy atom. The van der Waals surface area contributed by atoms with Crippen LogP contribution in [-0.2, 0) is 7.05 Å². The molecule has 3 N–H and O–H groups in total. The Bertz CT molecular complexity index is 545. The first kappa shape index (κ1) is 14.1. The van der Waals surface area contributed by atoms with Gasteiger partial charge < -0.3 is 11.1 Å². The average Bonchev–Trinajstić information content (AvgIpc) is 2.76. The van der Waals surface area contributed by atoms with Gasteiger partial charge in [-0.05, 0) is 31.7 Å². The van der Waals surface area contributed by atoms with Gasteiger partial charge in [-0.2, -0.15) is 5.10 Å². The van der Waals surface area contributed by atoms with Crippen molar-refractivity contribution in [2.75, 3.05) is 5.32 Å². The van der Waals surface area contributed by atoms with E-state index in [1.165, 1.54) is 0 Å². The van der Waals surface area contributed by atoms with Crippen molar-refractivity contribution < 1.29 is 0 Å². The summed E-state index contributed by atoms with van der Waals surface area (Å²) in [5.41, 5.74) is 7.04. The minimum Gasteiger partial charge on any atom is -0.367 e. The molecule has 1 fully saturated rings. The van der Waals surface area contributed by atoms with E-state index in [4.69, 9.17) is 5.73 Å². The molecule has 0 bridgehead atoms. The van der Waals surface area contributed by atoms with Gasteiger partial charge in [-0.3, -0.25) is 4.68 Å². The first-order chi connectivity index (χ1) is 8.74. The van der Waals surface area contributed by atoms with Crippen molar-refractivity contribution in [2.24, 2.45) is 12.8 Å². The molecule has 6 heteroatoms. The molecule has 5 nitrogen and oxygen atoms in total. The second kappa shape index (κ2) is 5.75. The minimum atomic E-state index is 0. The lowest BCUT2D eigenvalue weighted by Gasteiger charge is -2.27. The Morgan fingerprint density at radius 1 is 1.32 bits per heavy atom. The van der Waals surface area contributed by atoms with E-state index in [0.717, 1.165) is 42.4 Å². The monoisotopic (exact) mass is 281 g/mol. The number of nitrogens with two attached hydrogens (primary N) is 1. The Morgan fingerprint density at radius 3 is 2.79 bits per heavy atom. The van der Waals surface area contributed by atoms with E-state index in [0.29, 0.717) is 12.1 Å². The number of pyridine rings is 1. The van der Waals surface area contributed by atoms with Crippen LogP contribution >= 0.6 is 12.4 Å². The molecule has 19 heavy (non-hydrogen) atoms. The quantitative estimate of drug-likeness (QED) is 0.884. The predicted octanol–water partition coefficient (Wildman–Crippen LogP) is 2.07. The van der Waals surface area contributed by atoms with Crippen LogP contribution < -0.4 is 11.1 Å². The highest BCUT2D eigenvalue weighted by molar-refractivity contribution is 5.88. The summed E-state index contributed by atoms with van der Waals surface area (Å²) in [4.78, 5) is 4.44. The molecular formula is C13H20ClN5. The van der Waals surface area contributed by atoms with E-state index in [1.54, 1.807) is 0 Å². The van der Waals surface area contributed by atoms with Crippen LogP contribution in [0, 0.1) is 0 Å². The Hall–Kier alpha value is -1.33. The van der Waals surface area contributed by atoms with Gasteiger partial charge in [0.05, 0.1) is 17.1 Å². The molecule has 3 rings (SSSR count). The zero-order valence-electron chi connectivity index (χ0n) is 11.0. The third kappa shape index (κ3) is 2.82. The molecule has 104 valence electrons. The van der Waals surface area contributed by atoms with Crippen molar-refractivity contribution in [2.45, 2.75) is 37.8 Å². The second-order valence-electron chi connectivity index (χ2n) is 5.12. The van der Waals surface area contributed by atoms with Gasteiger partial charge in [0.2, 0.25) is 0 Å². The summed E-state index contributed by atoms with van der Waals surface area (Å²) in [6.45, 7) is 0. The van der Waals surface area contributed by atoms with Gasteiger partial charge >= 0.3 is 0 Å². The van der Waals surface area contributed by atoms with Gasteiger partial charge in [-0.25, -0.2) is 4.98 Å². The molecule has 0 radical (unpaired) electrons. The minimum absolute atomic E-state index is 0. The van der Waals surface area contributed by atoms with Gasteiger partial charge in [0.1, 0.15) is 5.82 Å².